The highest BCUT2D eigenvalue weighted by Gasteiger charge is 2.13. The van der Waals surface area contributed by atoms with E-state index >= 15 is 0 Å². The van der Waals surface area contributed by atoms with E-state index in [2.05, 4.69) is 10.4 Å². The van der Waals surface area contributed by atoms with Crippen LogP contribution in [-0.2, 0) is 0 Å². The smallest absolute Gasteiger partial charge is 0.256 e. The van der Waals surface area contributed by atoms with Gasteiger partial charge in [-0.25, -0.2) is 4.68 Å². The fourth-order valence-corrected chi connectivity index (χ4v) is 2.96. The Kier molecular flexibility index (Phi) is 5.12. The summed E-state index contributed by atoms with van der Waals surface area (Å²) in [7, 11) is 0. The van der Waals surface area contributed by atoms with Crippen LogP contribution in [0.3, 0.4) is 0 Å². The molecule has 1 amide bonds. The van der Waals surface area contributed by atoms with E-state index in [0.29, 0.717) is 17.1 Å². The van der Waals surface area contributed by atoms with Gasteiger partial charge in [-0.2, -0.15) is 5.10 Å². The molecule has 0 bridgehead atoms. The van der Waals surface area contributed by atoms with Gasteiger partial charge in [0, 0.05) is 11.6 Å². The molecule has 0 aliphatic heterocycles. The van der Waals surface area contributed by atoms with Gasteiger partial charge in [0.05, 0.1) is 11.4 Å². The molecule has 1 heterocycles. The molecule has 0 radical (unpaired) electrons. The zero-order valence-corrected chi connectivity index (χ0v) is 16.3. The summed E-state index contributed by atoms with van der Waals surface area (Å²) in [5.74, 6) is 1.85. The third kappa shape index (κ3) is 4.35. The molecule has 0 unspecified atom stereocenters. The van der Waals surface area contributed by atoms with Crippen molar-refractivity contribution in [1.82, 2.24) is 9.78 Å². The number of carbonyl (C=O) groups is 1. The van der Waals surface area contributed by atoms with Gasteiger partial charge in [0.25, 0.3) is 5.91 Å². The van der Waals surface area contributed by atoms with Crippen molar-refractivity contribution < 1.29 is 9.53 Å². The first-order valence-corrected chi connectivity index (χ1v) is 9.36. The lowest BCUT2D eigenvalue weighted by molar-refractivity contribution is 0.102. The number of aromatic nitrogens is 2. The predicted octanol–water partition coefficient (Wildman–Crippen LogP) is 5.53. The molecule has 29 heavy (non-hydrogen) atoms. The van der Waals surface area contributed by atoms with Crippen LogP contribution in [0.1, 0.15) is 21.6 Å². The summed E-state index contributed by atoms with van der Waals surface area (Å²) < 4.78 is 7.51. The highest BCUT2D eigenvalue weighted by molar-refractivity contribution is 6.04. The second-order valence-corrected chi connectivity index (χ2v) is 6.81. The Bertz CT molecular complexity index is 1120. The van der Waals surface area contributed by atoms with E-state index in [1.165, 1.54) is 5.56 Å². The molecule has 0 saturated carbocycles. The van der Waals surface area contributed by atoms with Crippen LogP contribution < -0.4 is 10.1 Å². The van der Waals surface area contributed by atoms with Crippen molar-refractivity contribution in [3.63, 3.8) is 0 Å². The molecule has 3 aromatic carbocycles. The van der Waals surface area contributed by atoms with E-state index in [9.17, 15) is 4.79 Å². The summed E-state index contributed by atoms with van der Waals surface area (Å²) in [4.78, 5) is 12.7. The Morgan fingerprint density at radius 3 is 2.21 bits per heavy atom. The summed E-state index contributed by atoms with van der Waals surface area (Å²) in [6.45, 7) is 3.93. The number of nitrogens with zero attached hydrogens (tertiary/aromatic N) is 2. The number of hydrogen-bond donors (Lipinski definition) is 1. The lowest BCUT2D eigenvalue weighted by Crippen LogP contribution is -2.15. The number of hydrogen-bond acceptors (Lipinski definition) is 3. The highest BCUT2D eigenvalue weighted by atomic mass is 16.5. The Hall–Kier alpha value is -3.86. The second-order valence-electron chi connectivity index (χ2n) is 6.81. The summed E-state index contributed by atoms with van der Waals surface area (Å²) in [5.41, 5.74) is 3.43. The van der Waals surface area contributed by atoms with Gasteiger partial charge < -0.3 is 10.1 Å². The van der Waals surface area contributed by atoms with Gasteiger partial charge in [0.15, 0.2) is 0 Å². The standard InChI is InChI=1S/C24H21N3O2/c1-17-8-12-20(13-9-17)27-23(16-18(2)26-27)25-24(28)19-10-14-22(15-11-19)29-21-6-4-3-5-7-21/h3-16H,1-2H3,(H,25,28). The molecule has 5 nitrogen and oxygen atoms in total. The Morgan fingerprint density at radius 1 is 0.862 bits per heavy atom. The van der Waals surface area contributed by atoms with Crippen molar-refractivity contribution in [3.8, 4) is 17.2 Å². The Morgan fingerprint density at radius 2 is 1.52 bits per heavy atom. The first-order valence-electron chi connectivity index (χ1n) is 9.36. The summed E-state index contributed by atoms with van der Waals surface area (Å²) in [6, 6.07) is 26.4. The van der Waals surface area contributed by atoms with Crippen LogP contribution in [0.2, 0.25) is 0 Å². The normalized spacial score (nSPS) is 10.6. The van der Waals surface area contributed by atoms with Crippen molar-refractivity contribution in [2.24, 2.45) is 0 Å². The van der Waals surface area contributed by atoms with Crippen molar-refractivity contribution in [3.05, 3.63) is 102 Å². The lowest BCUT2D eigenvalue weighted by atomic mass is 10.2. The van der Waals surface area contributed by atoms with E-state index in [4.69, 9.17) is 4.74 Å². The van der Waals surface area contributed by atoms with Gasteiger partial charge in [0.1, 0.15) is 17.3 Å². The monoisotopic (exact) mass is 383 g/mol. The van der Waals surface area contributed by atoms with Crippen LogP contribution >= 0.6 is 0 Å². The van der Waals surface area contributed by atoms with Gasteiger partial charge in [0.2, 0.25) is 0 Å². The quantitative estimate of drug-likeness (QED) is 0.493. The van der Waals surface area contributed by atoms with Crippen LogP contribution in [0.15, 0.2) is 84.9 Å². The summed E-state index contributed by atoms with van der Waals surface area (Å²) >= 11 is 0. The van der Waals surface area contributed by atoms with Crippen molar-refractivity contribution in [1.29, 1.82) is 0 Å². The SMILES string of the molecule is Cc1ccc(-n2nc(C)cc2NC(=O)c2ccc(Oc3ccccc3)cc2)cc1. The van der Waals surface area contributed by atoms with Crippen LogP contribution in [0.25, 0.3) is 5.69 Å². The maximum absolute atomic E-state index is 12.7. The minimum absolute atomic E-state index is 0.204. The molecule has 0 spiro atoms. The molecular formula is C24H21N3O2. The molecule has 4 rings (SSSR count). The van der Waals surface area contributed by atoms with E-state index in [1.54, 1.807) is 28.9 Å². The Labute approximate surface area is 169 Å². The maximum Gasteiger partial charge on any atom is 0.256 e. The number of aryl methyl sites for hydroxylation is 2. The molecule has 0 aliphatic rings. The molecule has 1 aromatic heterocycles. The maximum atomic E-state index is 12.7. The summed E-state index contributed by atoms with van der Waals surface area (Å²) in [5, 5.41) is 7.45. The third-order valence-corrected chi connectivity index (χ3v) is 4.45. The number of carbonyl (C=O) groups excluding carboxylic acids is 1. The fraction of sp³-hybridized carbons (Fsp3) is 0.0833. The molecule has 144 valence electrons. The predicted molar refractivity (Wildman–Crippen MR) is 114 cm³/mol. The largest absolute Gasteiger partial charge is 0.457 e. The van der Waals surface area contributed by atoms with Crippen LogP contribution in [0.5, 0.6) is 11.5 Å². The van der Waals surface area contributed by atoms with Crippen LogP contribution in [0.4, 0.5) is 5.82 Å². The van der Waals surface area contributed by atoms with Crippen LogP contribution in [-0.4, -0.2) is 15.7 Å². The molecule has 4 aromatic rings. The van der Waals surface area contributed by atoms with Gasteiger partial charge in [-0.05, 0) is 62.4 Å². The van der Waals surface area contributed by atoms with Gasteiger partial charge in [-0.3, -0.25) is 4.79 Å². The molecule has 5 heteroatoms. The summed E-state index contributed by atoms with van der Waals surface area (Å²) in [6.07, 6.45) is 0. The average Bonchev–Trinajstić information content (AvgIpc) is 3.10. The molecule has 0 saturated heterocycles. The number of ether oxygens (including phenoxy) is 1. The van der Waals surface area contributed by atoms with Gasteiger partial charge in [-0.15, -0.1) is 0 Å². The molecule has 0 fully saturated rings. The molecule has 0 atom stereocenters. The highest BCUT2D eigenvalue weighted by Crippen LogP contribution is 2.22. The number of anilines is 1. The second kappa shape index (κ2) is 8.02. The fourth-order valence-electron chi connectivity index (χ4n) is 2.96. The van der Waals surface area contributed by atoms with Crippen molar-refractivity contribution >= 4 is 11.7 Å². The first kappa shape index (κ1) is 18.5. The van der Waals surface area contributed by atoms with Crippen LogP contribution in [0, 0.1) is 13.8 Å². The van der Waals surface area contributed by atoms with E-state index in [1.807, 2.05) is 74.5 Å². The van der Waals surface area contributed by atoms with Crippen molar-refractivity contribution in [2.45, 2.75) is 13.8 Å². The average molecular weight is 383 g/mol. The van der Waals surface area contributed by atoms with E-state index in [0.717, 1.165) is 17.1 Å². The third-order valence-electron chi connectivity index (χ3n) is 4.45. The minimum Gasteiger partial charge on any atom is -0.457 e. The topological polar surface area (TPSA) is 56.2 Å². The van der Waals surface area contributed by atoms with E-state index < -0.39 is 0 Å². The molecular weight excluding hydrogens is 362 g/mol. The zero-order chi connectivity index (χ0) is 20.2. The first-order chi connectivity index (χ1) is 14.1. The van der Waals surface area contributed by atoms with Crippen molar-refractivity contribution in [2.75, 3.05) is 5.32 Å². The zero-order valence-electron chi connectivity index (χ0n) is 16.3. The number of rotatable bonds is 5. The van der Waals surface area contributed by atoms with Gasteiger partial charge >= 0.3 is 0 Å². The lowest BCUT2D eigenvalue weighted by Gasteiger charge is -2.10. The minimum atomic E-state index is -0.204. The Balaban J connectivity index is 1.50. The number of benzene rings is 3. The van der Waals surface area contributed by atoms with Gasteiger partial charge in [-0.1, -0.05) is 35.9 Å². The number of amides is 1. The molecule has 0 aliphatic carbocycles. The molecule has 1 N–H and O–H groups in total. The van der Waals surface area contributed by atoms with E-state index in [-0.39, 0.29) is 5.91 Å². The number of nitrogens with one attached hydrogen (secondary N) is 1. The number of para-hydroxylation sites is 1.